The Morgan fingerprint density at radius 1 is 1.40 bits per heavy atom. The Bertz CT molecular complexity index is 291. The number of ether oxygens (including phenoxy) is 1. The zero-order chi connectivity index (χ0) is 11.1. The highest BCUT2D eigenvalue weighted by Crippen LogP contribution is 2.08. The summed E-state index contributed by atoms with van der Waals surface area (Å²) in [4.78, 5) is 0. The summed E-state index contributed by atoms with van der Waals surface area (Å²) in [5.41, 5.74) is 6.48. The molecule has 84 valence electrons. The van der Waals surface area contributed by atoms with Crippen LogP contribution in [0.4, 0.5) is 4.39 Å². The summed E-state index contributed by atoms with van der Waals surface area (Å²) in [5.74, 6) is -0.191. The Kier molecular flexibility index (Phi) is 5.29. The molecule has 0 heterocycles. The molecule has 15 heavy (non-hydrogen) atoms. The van der Waals surface area contributed by atoms with E-state index in [9.17, 15) is 4.39 Å². The van der Waals surface area contributed by atoms with E-state index in [1.807, 2.05) is 13.0 Å². The molecule has 0 spiro atoms. The molecule has 0 bridgehead atoms. The molecule has 3 heteroatoms. The van der Waals surface area contributed by atoms with Gasteiger partial charge in [-0.1, -0.05) is 25.1 Å². The van der Waals surface area contributed by atoms with Crippen molar-refractivity contribution in [1.82, 2.24) is 0 Å². The van der Waals surface area contributed by atoms with E-state index in [-0.39, 0.29) is 11.9 Å². The molecule has 0 aliphatic carbocycles. The Hall–Kier alpha value is -0.930. The van der Waals surface area contributed by atoms with Crippen molar-refractivity contribution >= 4 is 0 Å². The van der Waals surface area contributed by atoms with Gasteiger partial charge in [0, 0.05) is 12.6 Å². The van der Waals surface area contributed by atoms with Crippen molar-refractivity contribution in [2.75, 3.05) is 13.2 Å². The maximum absolute atomic E-state index is 13.2. The van der Waals surface area contributed by atoms with Gasteiger partial charge in [-0.05, 0) is 24.5 Å². The van der Waals surface area contributed by atoms with Crippen LogP contribution in [-0.4, -0.2) is 19.3 Å². The minimum Gasteiger partial charge on any atom is -0.380 e. The monoisotopic (exact) mass is 211 g/mol. The van der Waals surface area contributed by atoms with Gasteiger partial charge >= 0.3 is 0 Å². The maximum Gasteiger partial charge on any atom is 0.126 e. The smallest absolute Gasteiger partial charge is 0.126 e. The van der Waals surface area contributed by atoms with Crippen LogP contribution in [0.15, 0.2) is 24.3 Å². The lowest BCUT2D eigenvalue weighted by molar-refractivity contribution is 0.121. The number of benzene rings is 1. The van der Waals surface area contributed by atoms with E-state index < -0.39 is 0 Å². The zero-order valence-corrected chi connectivity index (χ0v) is 9.08. The van der Waals surface area contributed by atoms with Crippen LogP contribution in [0.1, 0.15) is 18.9 Å². The first-order chi connectivity index (χ1) is 7.24. The zero-order valence-electron chi connectivity index (χ0n) is 9.08. The van der Waals surface area contributed by atoms with Gasteiger partial charge in [-0.2, -0.15) is 0 Å². The fraction of sp³-hybridized carbons (Fsp3) is 0.500. The molecule has 1 aromatic rings. The molecule has 0 radical (unpaired) electrons. The molecule has 0 aliphatic rings. The van der Waals surface area contributed by atoms with E-state index >= 15 is 0 Å². The largest absolute Gasteiger partial charge is 0.380 e. The van der Waals surface area contributed by atoms with Crippen LogP contribution in [0.25, 0.3) is 0 Å². The highest BCUT2D eigenvalue weighted by molar-refractivity contribution is 5.18. The number of halogens is 1. The lowest BCUT2D eigenvalue weighted by Gasteiger charge is -2.12. The molecule has 0 saturated carbocycles. The number of hydrogen-bond donors (Lipinski definition) is 1. The quantitative estimate of drug-likeness (QED) is 0.731. The van der Waals surface area contributed by atoms with Gasteiger partial charge in [0.05, 0.1) is 6.61 Å². The molecule has 1 aromatic carbocycles. The highest BCUT2D eigenvalue weighted by Gasteiger charge is 2.07. The molecule has 0 amide bonds. The molecular formula is C12H18FNO. The van der Waals surface area contributed by atoms with Gasteiger partial charge in [0.1, 0.15) is 5.82 Å². The van der Waals surface area contributed by atoms with E-state index in [0.29, 0.717) is 25.2 Å². The van der Waals surface area contributed by atoms with E-state index in [0.717, 1.165) is 6.42 Å². The Balaban J connectivity index is 2.37. The van der Waals surface area contributed by atoms with Crippen molar-refractivity contribution in [2.45, 2.75) is 25.8 Å². The lowest BCUT2D eigenvalue weighted by Crippen LogP contribution is -2.29. The van der Waals surface area contributed by atoms with Crippen LogP contribution in [0.3, 0.4) is 0 Å². The van der Waals surface area contributed by atoms with Gasteiger partial charge < -0.3 is 10.5 Å². The minimum absolute atomic E-state index is 0.131. The lowest BCUT2D eigenvalue weighted by atomic mass is 10.1. The van der Waals surface area contributed by atoms with Gasteiger partial charge in [-0.3, -0.25) is 0 Å². The van der Waals surface area contributed by atoms with Crippen LogP contribution < -0.4 is 5.73 Å². The average Bonchev–Trinajstić information content (AvgIpc) is 2.22. The molecule has 0 aromatic heterocycles. The third-order valence-electron chi connectivity index (χ3n) is 2.12. The van der Waals surface area contributed by atoms with Crippen LogP contribution in [0, 0.1) is 5.82 Å². The third kappa shape index (κ3) is 4.40. The molecular weight excluding hydrogens is 193 g/mol. The second-order valence-corrected chi connectivity index (χ2v) is 3.63. The van der Waals surface area contributed by atoms with E-state index in [4.69, 9.17) is 10.5 Å². The Morgan fingerprint density at radius 3 is 2.80 bits per heavy atom. The Labute approximate surface area is 90.2 Å². The second-order valence-electron chi connectivity index (χ2n) is 3.63. The summed E-state index contributed by atoms with van der Waals surface area (Å²) >= 11 is 0. The average molecular weight is 211 g/mol. The van der Waals surface area contributed by atoms with Gasteiger partial charge in [0.2, 0.25) is 0 Å². The number of hydrogen-bond acceptors (Lipinski definition) is 2. The fourth-order valence-electron chi connectivity index (χ4n) is 1.38. The van der Waals surface area contributed by atoms with Crippen LogP contribution >= 0.6 is 0 Å². The Morgan fingerprint density at radius 2 is 2.13 bits per heavy atom. The number of rotatable bonds is 6. The summed E-state index contributed by atoms with van der Waals surface area (Å²) in [6.07, 6.45) is 1.50. The van der Waals surface area contributed by atoms with E-state index in [1.54, 1.807) is 12.1 Å². The van der Waals surface area contributed by atoms with Crippen molar-refractivity contribution in [3.8, 4) is 0 Å². The predicted octanol–water partition coefficient (Wildman–Crippen LogP) is 2.12. The molecule has 1 rings (SSSR count). The van der Waals surface area contributed by atoms with E-state index in [2.05, 4.69) is 0 Å². The van der Waals surface area contributed by atoms with Gasteiger partial charge in [-0.25, -0.2) is 4.39 Å². The first-order valence-electron chi connectivity index (χ1n) is 5.30. The third-order valence-corrected chi connectivity index (χ3v) is 2.12. The summed E-state index contributed by atoms with van der Waals surface area (Å²) in [5, 5.41) is 0. The number of nitrogens with two attached hydrogens (primary N) is 1. The topological polar surface area (TPSA) is 35.2 Å². The van der Waals surface area contributed by atoms with E-state index in [1.165, 1.54) is 6.07 Å². The molecule has 1 atom stereocenters. The SMILES string of the molecule is CCCOCC(N)Cc1ccccc1F. The fourth-order valence-corrected chi connectivity index (χ4v) is 1.38. The van der Waals surface area contributed by atoms with Crippen molar-refractivity contribution in [2.24, 2.45) is 5.73 Å². The molecule has 0 aliphatic heterocycles. The molecule has 1 unspecified atom stereocenters. The summed E-state index contributed by atoms with van der Waals surface area (Å²) < 4.78 is 18.6. The summed E-state index contributed by atoms with van der Waals surface area (Å²) in [6, 6.07) is 6.58. The first kappa shape index (κ1) is 12.1. The molecule has 2 N–H and O–H groups in total. The maximum atomic E-state index is 13.2. The molecule has 0 fully saturated rings. The van der Waals surface area contributed by atoms with Crippen molar-refractivity contribution in [3.63, 3.8) is 0 Å². The highest BCUT2D eigenvalue weighted by atomic mass is 19.1. The summed E-state index contributed by atoms with van der Waals surface area (Å²) in [7, 11) is 0. The minimum atomic E-state index is -0.191. The molecule has 2 nitrogen and oxygen atoms in total. The van der Waals surface area contributed by atoms with Gasteiger partial charge in [0.15, 0.2) is 0 Å². The second kappa shape index (κ2) is 6.53. The normalized spacial score (nSPS) is 12.7. The van der Waals surface area contributed by atoms with Crippen LogP contribution in [-0.2, 0) is 11.2 Å². The van der Waals surface area contributed by atoms with Gasteiger partial charge in [-0.15, -0.1) is 0 Å². The first-order valence-corrected chi connectivity index (χ1v) is 5.30. The van der Waals surface area contributed by atoms with Crippen molar-refractivity contribution in [3.05, 3.63) is 35.6 Å². The molecule has 0 saturated heterocycles. The van der Waals surface area contributed by atoms with Gasteiger partial charge in [0.25, 0.3) is 0 Å². The standard InChI is InChI=1S/C12H18FNO/c1-2-7-15-9-11(14)8-10-5-3-4-6-12(10)13/h3-6,11H,2,7-9,14H2,1H3. The van der Waals surface area contributed by atoms with Crippen LogP contribution in [0.5, 0.6) is 0 Å². The predicted molar refractivity (Wildman–Crippen MR) is 59.2 cm³/mol. The van der Waals surface area contributed by atoms with Crippen LogP contribution in [0.2, 0.25) is 0 Å². The van der Waals surface area contributed by atoms with Crippen molar-refractivity contribution < 1.29 is 9.13 Å². The van der Waals surface area contributed by atoms with Crippen molar-refractivity contribution in [1.29, 1.82) is 0 Å². The summed E-state index contributed by atoms with van der Waals surface area (Å²) in [6.45, 7) is 3.25.